The Labute approximate surface area is 244 Å². The maximum Gasteiger partial charge on any atom is 3.00 e. The Morgan fingerprint density at radius 1 is 0.389 bits per heavy atom. The van der Waals surface area contributed by atoms with E-state index in [0.717, 1.165) is 16.7 Å². The molecule has 0 amide bonds. The Morgan fingerprint density at radius 3 is 0.889 bits per heavy atom. The molecule has 0 bridgehead atoms. The summed E-state index contributed by atoms with van der Waals surface area (Å²) in [6.45, 7) is 0. The molecule has 3 rings (SSSR count). The molecule has 0 saturated carbocycles. The van der Waals surface area contributed by atoms with Gasteiger partial charge in [0.25, 0.3) is 0 Å². The Balaban J connectivity index is 0.000000504. The molecular weight excluding hydrogens is 656 g/mol. The first-order chi connectivity index (χ1) is 16.2. The molecule has 3 aromatic rings. The van der Waals surface area contributed by atoms with Crippen molar-refractivity contribution in [1.29, 1.82) is 0 Å². The van der Waals surface area contributed by atoms with Crippen molar-refractivity contribution < 1.29 is 86.4 Å². The van der Waals surface area contributed by atoms with Gasteiger partial charge in [0.2, 0.25) is 0 Å². The zero-order chi connectivity index (χ0) is 26.4. The molecule has 0 spiro atoms. The molecule has 0 aliphatic carbocycles. The summed E-state index contributed by atoms with van der Waals surface area (Å²) in [5, 5.41) is 0. The van der Waals surface area contributed by atoms with Gasteiger partial charge in [-0.15, -0.1) is 0 Å². The molecule has 209 valence electrons. The summed E-state index contributed by atoms with van der Waals surface area (Å²) in [4.78, 5) is 0. The number of aryl methyl sites for hydroxylation is 3. The first-order valence-electron chi connectivity index (χ1n) is 11.1. The largest absolute Gasteiger partial charge is 3.00 e. The molecule has 0 aromatic heterocycles. The van der Waals surface area contributed by atoms with Crippen LogP contribution in [0.5, 0.6) is 0 Å². The second-order valence-corrected chi connectivity index (χ2v) is 7.93. The summed E-state index contributed by atoms with van der Waals surface area (Å²) < 4.78 is 105. The van der Waals surface area contributed by atoms with E-state index in [2.05, 4.69) is 0 Å². The first-order valence-corrected chi connectivity index (χ1v) is 11.1. The molecule has 0 heterocycles. The van der Waals surface area contributed by atoms with Gasteiger partial charge in [0.15, 0.2) is 0 Å². The molecule has 36 heavy (non-hydrogen) atoms. The minimum atomic E-state index is -4.03. The zero-order valence-corrected chi connectivity index (χ0v) is 21.0. The zero-order valence-electron chi connectivity index (χ0n) is 19.3. The predicted molar refractivity (Wildman–Crippen MR) is 118 cm³/mol. The summed E-state index contributed by atoms with van der Waals surface area (Å²) in [7, 11) is 0. The Morgan fingerprint density at radius 2 is 0.639 bits per heavy atom. The molecule has 10 heteroatoms. The number of alkyl halides is 9. The standard InChI is InChI=1S/2C9H10F3.C8H8F3.Yb/c2*10-9(11,12)7-3-6-8-4-1-2-5-8;9-8(10,11)6-5-7-3-1-2-4-7;/h2*1-2,4-5H,3,6-7H2;1-4H,5-6H2;/q3*-1;+3. The van der Waals surface area contributed by atoms with Crippen LogP contribution >= 0.6 is 0 Å². The molecular formula is C26H28F9Yb. The maximum atomic E-state index is 11.7. The molecule has 0 saturated heterocycles. The Kier molecular flexibility index (Phi) is 16.9. The van der Waals surface area contributed by atoms with E-state index in [4.69, 9.17) is 0 Å². The molecule has 0 fully saturated rings. The van der Waals surface area contributed by atoms with Crippen LogP contribution < -0.4 is 0 Å². The minimum absolute atomic E-state index is 0. The van der Waals surface area contributed by atoms with Crippen LogP contribution in [0.4, 0.5) is 39.5 Å². The fourth-order valence-electron chi connectivity index (χ4n) is 3.01. The van der Waals surface area contributed by atoms with E-state index >= 15 is 0 Å². The van der Waals surface area contributed by atoms with E-state index in [1.807, 2.05) is 48.5 Å². The minimum Gasteiger partial charge on any atom is -0.213 e. The van der Waals surface area contributed by atoms with Gasteiger partial charge in [0.05, 0.1) is 0 Å². The van der Waals surface area contributed by atoms with Crippen molar-refractivity contribution in [3.05, 3.63) is 89.5 Å². The van der Waals surface area contributed by atoms with E-state index < -0.39 is 37.8 Å². The van der Waals surface area contributed by atoms with Crippen molar-refractivity contribution >= 4 is 0 Å². The number of hydrogen-bond acceptors (Lipinski definition) is 0. The van der Waals surface area contributed by atoms with Gasteiger partial charge in [-0.25, -0.2) is 36.4 Å². The second kappa shape index (κ2) is 17.4. The number of hydrogen-bond donors (Lipinski definition) is 0. The summed E-state index contributed by atoms with van der Waals surface area (Å²) in [5.74, 6) is 0. The van der Waals surface area contributed by atoms with E-state index in [1.165, 1.54) is 0 Å². The Hall–Kier alpha value is -1.06. The summed E-state index contributed by atoms with van der Waals surface area (Å²) in [6, 6.07) is 21.6. The monoisotopic (exact) mass is 685 g/mol. The summed E-state index contributed by atoms with van der Waals surface area (Å²) in [5.41, 5.74) is 2.72. The molecule has 0 nitrogen and oxygen atoms in total. The van der Waals surface area contributed by atoms with Crippen molar-refractivity contribution in [3.63, 3.8) is 0 Å². The van der Waals surface area contributed by atoms with Gasteiger partial charge in [0.1, 0.15) is 0 Å². The van der Waals surface area contributed by atoms with Gasteiger partial charge in [-0.1, -0.05) is 32.1 Å². The molecule has 3 aromatic carbocycles. The average Bonchev–Trinajstić information content (AvgIpc) is 3.49. The smallest absolute Gasteiger partial charge is 0.213 e. The third kappa shape index (κ3) is 21.1. The molecule has 1 radical (unpaired) electrons. The van der Waals surface area contributed by atoms with Crippen LogP contribution in [0.1, 0.15) is 48.8 Å². The van der Waals surface area contributed by atoms with Gasteiger partial charge in [-0.2, -0.15) is 92.6 Å². The average molecular weight is 685 g/mol. The van der Waals surface area contributed by atoms with Gasteiger partial charge in [-0.3, -0.25) is 0 Å². The van der Waals surface area contributed by atoms with Crippen LogP contribution in [-0.4, -0.2) is 18.5 Å². The topological polar surface area (TPSA) is 0 Å². The van der Waals surface area contributed by atoms with E-state index in [1.54, 1.807) is 24.3 Å². The van der Waals surface area contributed by atoms with Crippen LogP contribution in [0.2, 0.25) is 0 Å². The van der Waals surface area contributed by atoms with Gasteiger partial charge in [-0.05, 0) is 0 Å². The summed E-state index contributed by atoms with van der Waals surface area (Å²) in [6.07, 6.45) is -12.6. The quantitative estimate of drug-likeness (QED) is 0.164. The molecule has 0 atom stereocenters. The van der Waals surface area contributed by atoms with Gasteiger partial charge < -0.3 is 0 Å². The fourth-order valence-corrected chi connectivity index (χ4v) is 3.01. The van der Waals surface area contributed by atoms with Crippen molar-refractivity contribution in [2.24, 2.45) is 0 Å². The van der Waals surface area contributed by atoms with Crippen LogP contribution in [-0.2, 0) is 19.3 Å². The molecule has 0 aliphatic heterocycles. The van der Waals surface area contributed by atoms with Crippen LogP contribution in [0, 0.1) is 46.9 Å². The third-order valence-corrected chi connectivity index (χ3v) is 4.74. The SMILES string of the molecule is FC(F)(F)CCC[c-]1cccc1.FC(F)(F)CCC[c-]1cccc1.FC(F)(F)CC[c-]1cccc1.[Yb+3]. The summed E-state index contributed by atoms with van der Waals surface area (Å²) >= 11 is 0. The molecule has 0 N–H and O–H groups in total. The fraction of sp³-hybridized carbons (Fsp3) is 0.423. The predicted octanol–water partition coefficient (Wildman–Crippen LogP) is 9.48. The van der Waals surface area contributed by atoms with Crippen molar-refractivity contribution in [1.82, 2.24) is 0 Å². The van der Waals surface area contributed by atoms with Gasteiger partial charge >= 0.3 is 65.5 Å². The van der Waals surface area contributed by atoms with Crippen molar-refractivity contribution in [2.75, 3.05) is 0 Å². The maximum absolute atomic E-state index is 11.7. The van der Waals surface area contributed by atoms with E-state index in [0.29, 0.717) is 12.8 Å². The van der Waals surface area contributed by atoms with E-state index in [-0.39, 0.29) is 66.2 Å². The Bertz CT molecular complexity index is 804. The van der Waals surface area contributed by atoms with Crippen LogP contribution in [0.3, 0.4) is 0 Å². The first kappa shape index (κ1) is 34.9. The number of rotatable bonds is 8. The van der Waals surface area contributed by atoms with Crippen molar-refractivity contribution in [2.45, 2.75) is 69.9 Å². The third-order valence-electron chi connectivity index (χ3n) is 4.74. The second-order valence-electron chi connectivity index (χ2n) is 7.93. The molecule has 0 aliphatic rings. The molecule has 0 unspecified atom stereocenters. The number of halogens is 9. The van der Waals surface area contributed by atoms with Crippen LogP contribution in [0.15, 0.2) is 72.8 Å². The van der Waals surface area contributed by atoms with Gasteiger partial charge in [0, 0.05) is 19.3 Å². The normalized spacial score (nSPS) is 11.6. The van der Waals surface area contributed by atoms with E-state index in [9.17, 15) is 39.5 Å². The van der Waals surface area contributed by atoms with Crippen molar-refractivity contribution in [3.8, 4) is 0 Å². The van der Waals surface area contributed by atoms with Crippen LogP contribution in [0.25, 0.3) is 0 Å².